The van der Waals surface area contributed by atoms with E-state index in [-0.39, 0.29) is 11.0 Å². The van der Waals surface area contributed by atoms with E-state index in [9.17, 15) is 0 Å². The first-order chi connectivity index (χ1) is 7.10. The molecule has 1 heterocycles. The van der Waals surface area contributed by atoms with Crippen LogP contribution < -0.4 is 5.32 Å². The Kier molecular flexibility index (Phi) is 3.36. The largest absolute Gasteiger partial charge is 0.380 e. The molecule has 92 valence electrons. The number of anilines is 1. The van der Waals surface area contributed by atoms with Crippen LogP contribution in [0, 0.1) is 5.41 Å². The van der Waals surface area contributed by atoms with Gasteiger partial charge in [0.15, 0.2) is 0 Å². The summed E-state index contributed by atoms with van der Waals surface area (Å²) in [5.74, 6) is 0. The van der Waals surface area contributed by atoms with Crippen LogP contribution in [0.4, 0.5) is 5.69 Å². The first-order valence-electron chi connectivity index (χ1n) is 5.92. The Morgan fingerprint density at radius 2 is 1.75 bits per heavy atom. The van der Waals surface area contributed by atoms with Gasteiger partial charge in [0.2, 0.25) is 0 Å². The first kappa shape index (κ1) is 13.1. The highest BCUT2D eigenvalue weighted by Gasteiger charge is 2.21. The Hall–Kier alpha value is -0.990. The van der Waals surface area contributed by atoms with Gasteiger partial charge < -0.3 is 5.32 Å². The average molecular weight is 223 g/mol. The maximum Gasteiger partial charge on any atom is 0.0728 e. The van der Waals surface area contributed by atoms with E-state index >= 15 is 0 Å². The molecule has 0 bridgehead atoms. The lowest BCUT2D eigenvalue weighted by atomic mass is 9.88. The quantitative estimate of drug-likeness (QED) is 0.832. The van der Waals surface area contributed by atoms with Crippen LogP contribution in [0.3, 0.4) is 0 Å². The predicted molar refractivity (Wildman–Crippen MR) is 69.8 cm³/mol. The van der Waals surface area contributed by atoms with Gasteiger partial charge in [0.1, 0.15) is 0 Å². The van der Waals surface area contributed by atoms with Gasteiger partial charge in [0.05, 0.1) is 17.4 Å². The Morgan fingerprint density at radius 1 is 1.19 bits per heavy atom. The minimum absolute atomic E-state index is 0.0465. The van der Waals surface area contributed by atoms with E-state index < -0.39 is 0 Å². The summed E-state index contributed by atoms with van der Waals surface area (Å²) in [5.41, 5.74) is 1.40. The van der Waals surface area contributed by atoms with Gasteiger partial charge >= 0.3 is 0 Å². The van der Waals surface area contributed by atoms with E-state index in [1.807, 2.05) is 10.9 Å². The molecule has 1 unspecified atom stereocenters. The van der Waals surface area contributed by atoms with Crippen molar-refractivity contribution in [2.45, 2.75) is 60.0 Å². The van der Waals surface area contributed by atoms with E-state index in [2.05, 4.69) is 65.1 Å². The van der Waals surface area contributed by atoms with Gasteiger partial charge in [-0.1, -0.05) is 20.8 Å². The van der Waals surface area contributed by atoms with Crippen molar-refractivity contribution in [3.63, 3.8) is 0 Å². The lowest BCUT2D eigenvalue weighted by Crippen LogP contribution is -2.30. The molecule has 16 heavy (non-hydrogen) atoms. The second kappa shape index (κ2) is 4.11. The van der Waals surface area contributed by atoms with Crippen LogP contribution >= 0.6 is 0 Å². The lowest BCUT2D eigenvalue weighted by Gasteiger charge is -2.28. The molecule has 0 aliphatic carbocycles. The highest BCUT2D eigenvalue weighted by atomic mass is 15.3. The number of nitrogens with one attached hydrogen (secondary N) is 1. The van der Waals surface area contributed by atoms with Crippen LogP contribution in [0.1, 0.15) is 48.5 Å². The molecule has 0 fully saturated rings. The number of nitrogens with zero attached hydrogens (tertiary/aromatic N) is 2. The van der Waals surface area contributed by atoms with Gasteiger partial charge in [-0.15, -0.1) is 0 Å². The van der Waals surface area contributed by atoms with E-state index in [0.29, 0.717) is 6.04 Å². The van der Waals surface area contributed by atoms with Crippen molar-refractivity contribution < 1.29 is 0 Å². The highest BCUT2D eigenvalue weighted by molar-refractivity contribution is 5.39. The molecule has 0 saturated heterocycles. The van der Waals surface area contributed by atoms with Crippen LogP contribution in [0.15, 0.2) is 12.4 Å². The Labute approximate surface area is 99.2 Å². The molecule has 1 aromatic rings. The van der Waals surface area contributed by atoms with Gasteiger partial charge in [-0.25, -0.2) is 0 Å². The van der Waals surface area contributed by atoms with Crippen molar-refractivity contribution in [2.24, 2.45) is 5.41 Å². The third kappa shape index (κ3) is 3.26. The molecule has 0 aliphatic heterocycles. The van der Waals surface area contributed by atoms with E-state index in [0.717, 1.165) is 5.69 Å². The van der Waals surface area contributed by atoms with Crippen LogP contribution in [0.25, 0.3) is 0 Å². The summed E-state index contributed by atoms with van der Waals surface area (Å²) in [5, 5.41) is 7.87. The fourth-order valence-corrected chi connectivity index (χ4v) is 1.23. The van der Waals surface area contributed by atoms with Crippen molar-refractivity contribution in [3.05, 3.63) is 12.4 Å². The molecule has 1 N–H and O–H groups in total. The van der Waals surface area contributed by atoms with Gasteiger partial charge in [0.25, 0.3) is 0 Å². The van der Waals surface area contributed by atoms with E-state index in [1.165, 1.54) is 0 Å². The lowest BCUT2D eigenvalue weighted by molar-refractivity contribution is 0.354. The van der Waals surface area contributed by atoms with Crippen LogP contribution in [0.5, 0.6) is 0 Å². The standard InChI is InChI=1S/C13H25N3/c1-10(12(2,3)4)15-11-8-14-16(9-11)13(5,6)7/h8-10,15H,1-7H3. The Bertz CT molecular complexity index is 339. The normalized spacial score (nSPS) is 14.9. The SMILES string of the molecule is CC(Nc1cnn(C(C)(C)C)c1)C(C)(C)C. The third-order valence-electron chi connectivity index (χ3n) is 2.95. The number of rotatable bonds is 2. The van der Waals surface area contributed by atoms with Crippen molar-refractivity contribution in [1.29, 1.82) is 0 Å². The van der Waals surface area contributed by atoms with Crippen LogP contribution in [-0.2, 0) is 5.54 Å². The maximum absolute atomic E-state index is 4.38. The van der Waals surface area contributed by atoms with Crippen molar-refractivity contribution in [3.8, 4) is 0 Å². The smallest absolute Gasteiger partial charge is 0.0728 e. The van der Waals surface area contributed by atoms with Crippen molar-refractivity contribution in [1.82, 2.24) is 9.78 Å². The summed E-state index contributed by atoms with van der Waals surface area (Å²) in [6.45, 7) is 15.4. The van der Waals surface area contributed by atoms with Gasteiger partial charge in [-0.05, 0) is 33.1 Å². The minimum Gasteiger partial charge on any atom is -0.380 e. The highest BCUT2D eigenvalue weighted by Crippen LogP contribution is 2.23. The Morgan fingerprint density at radius 3 is 2.12 bits per heavy atom. The summed E-state index contributed by atoms with van der Waals surface area (Å²) >= 11 is 0. The molecule has 3 nitrogen and oxygen atoms in total. The number of aromatic nitrogens is 2. The Balaban J connectivity index is 2.74. The zero-order chi connectivity index (χ0) is 12.6. The molecule has 0 radical (unpaired) electrons. The molecular weight excluding hydrogens is 198 g/mol. The minimum atomic E-state index is 0.0465. The number of hydrogen-bond donors (Lipinski definition) is 1. The second-order valence-corrected chi connectivity index (χ2v) is 6.58. The molecule has 1 atom stereocenters. The van der Waals surface area contributed by atoms with Gasteiger partial charge in [0, 0.05) is 12.2 Å². The molecule has 0 saturated carbocycles. The molecule has 0 amide bonds. The summed E-state index contributed by atoms with van der Waals surface area (Å²) in [6.07, 6.45) is 3.97. The zero-order valence-electron chi connectivity index (χ0n) is 11.6. The van der Waals surface area contributed by atoms with Gasteiger partial charge in [-0.2, -0.15) is 5.10 Å². The molecule has 0 spiro atoms. The van der Waals surface area contributed by atoms with Gasteiger partial charge in [-0.3, -0.25) is 4.68 Å². The summed E-state index contributed by atoms with van der Waals surface area (Å²) in [6, 6.07) is 0.421. The fraction of sp³-hybridized carbons (Fsp3) is 0.769. The van der Waals surface area contributed by atoms with E-state index in [4.69, 9.17) is 0 Å². The third-order valence-corrected chi connectivity index (χ3v) is 2.95. The molecule has 1 aromatic heterocycles. The monoisotopic (exact) mass is 223 g/mol. The molecule has 0 aliphatic rings. The topological polar surface area (TPSA) is 29.9 Å². The van der Waals surface area contributed by atoms with Crippen molar-refractivity contribution in [2.75, 3.05) is 5.32 Å². The average Bonchev–Trinajstić information content (AvgIpc) is 2.49. The molecule has 3 heteroatoms. The van der Waals surface area contributed by atoms with Crippen molar-refractivity contribution >= 4 is 5.69 Å². The maximum atomic E-state index is 4.38. The molecule has 0 aromatic carbocycles. The summed E-state index contributed by atoms with van der Waals surface area (Å²) < 4.78 is 1.99. The predicted octanol–water partition coefficient (Wildman–Crippen LogP) is 3.48. The summed E-state index contributed by atoms with van der Waals surface area (Å²) in [7, 11) is 0. The zero-order valence-corrected chi connectivity index (χ0v) is 11.6. The number of hydrogen-bond acceptors (Lipinski definition) is 2. The first-order valence-corrected chi connectivity index (χ1v) is 5.92. The van der Waals surface area contributed by atoms with Crippen LogP contribution in [0.2, 0.25) is 0 Å². The van der Waals surface area contributed by atoms with E-state index in [1.54, 1.807) is 0 Å². The molecule has 1 rings (SSSR count). The van der Waals surface area contributed by atoms with Crippen LogP contribution in [-0.4, -0.2) is 15.8 Å². The second-order valence-electron chi connectivity index (χ2n) is 6.58. The molecular formula is C13H25N3. The summed E-state index contributed by atoms with van der Waals surface area (Å²) in [4.78, 5) is 0. The fourth-order valence-electron chi connectivity index (χ4n) is 1.23.